The van der Waals surface area contributed by atoms with Crippen molar-refractivity contribution in [3.63, 3.8) is 0 Å². The van der Waals surface area contributed by atoms with Crippen molar-refractivity contribution >= 4 is 23.4 Å². The zero-order valence-corrected chi connectivity index (χ0v) is 13.6. The fraction of sp³-hybridized carbons (Fsp3) is 0.533. The zero-order valence-electron chi connectivity index (χ0n) is 12.8. The van der Waals surface area contributed by atoms with Gasteiger partial charge in [0.25, 0.3) is 5.69 Å². The molecule has 1 aromatic rings. The third-order valence-electron chi connectivity index (χ3n) is 4.30. The van der Waals surface area contributed by atoms with Crippen LogP contribution in [0.25, 0.3) is 0 Å². The minimum absolute atomic E-state index is 0.0393. The molecule has 2 rings (SSSR count). The van der Waals surface area contributed by atoms with E-state index < -0.39 is 10.8 Å². The van der Waals surface area contributed by atoms with E-state index in [4.69, 9.17) is 5.73 Å². The van der Waals surface area contributed by atoms with Crippen molar-refractivity contribution in [1.82, 2.24) is 4.90 Å². The summed E-state index contributed by atoms with van der Waals surface area (Å²) in [5, 5.41) is 11.9. The minimum atomic E-state index is -0.651. The number of thioether (sulfide) groups is 1. The van der Waals surface area contributed by atoms with Crippen LogP contribution in [-0.2, 0) is 6.54 Å². The second-order valence-corrected chi connectivity index (χ2v) is 6.84. The highest BCUT2D eigenvalue weighted by Gasteiger charge is 2.28. The number of carbonyl (C=O) groups is 1. The van der Waals surface area contributed by atoms with Crippen molar-refractivity contribution in [3.05, 3.63) is 39.4 Å². The first-order valence-electron chi connectivity index (χ1n) is 7.22. The van der Waals surface area contributed by atoms with Crippen molar-refractivity contribution in [2.24, 2.45) is 5.73 Å². The lowest BCUT2D eigenvalue weighted by atomic mass is 10.1. The van der Waals surface area contributed by atoms with Crippen LogP contribution in [0, 0.1) is 10.1 Å². The predicted octanol–water partition coefficient (Wildman–Crippen LogP) is 2.41. The molecule has 0 radical (unpaired) electrons. The van der Waals surface area contributed by atoms with E-state index in [1.807, 2.05) is 18.8 Å². The first kappa shape index (κ1) is 16.8. The van der Waals surface area contributed by atoms with E-state index in [2.05, 4.69) is 11.2 Å². The fourth-order valence-electron chi connectivity index (χ4n) is 2.95. The Morgan fingerprint density at radius 2 is 2.23 bits per heavy atom. The zero-order chi connectivity index (χ0) is 16.3. The Balaban J connectivity index is 2.15. The van der Waals surface area contributed by atoms with Gasteiger partial charge in [-0.1, -0.05) is 6.07 Å². The standard InChI is InChI=1S/C15H21N3O3S/c1-17(12-5-6-13(8-12)22-2)9-11-4-3-10(15(16)19)7-14(11)18(20)21/h3-4,7,12-13H,5-6,8-9H2,1-2H3,(H2,16,19)/t12-,13+/m0/s1. The molecule has 1 aliphatic carbocycles. The number of nitro groups is 1. The summed E-state index contributed by atoms with van der Waals surface area (Å²) < 4.78 is 0. The topological polar surface area (TPSA) is 89.5 Å². The SMILES string of the molecule is CS[C@@H]1CC[C@H](N(C)Cc2ccc(C(N)=O)cc2[N+](=O)[O-])C1. The summed E-state index contributed by atoms with van der Waals surface area (Å²) in [4.78, 5) is 24.1. The molecule has 1 aliphatic rings. The largest absolute Gasteiger partial charge is 0.366 e. The van der Waals surface area contributed by atoms with Crippen molar-refractivity contribution in [2.45, 2.75) is 37.1 Å². The van der Waals surface area contributed by atoms with Crippen LogP contribution in [-0.4, -0.2) is 40.3 Å². The molecule has 1 fully saturated rings. The summed E-state index contributed by atoms with van der Waals surface area (Å²) in [6.07, 6.45) is 5.55. The first-order valence-corrected chi connectivity index (χ1v) is 8.51. The summed E-state index contributed by atoms with van der Waals surface area (Å²) >= 11 is 1.89. The van der Waals surface area contributed by atoms with Gasteiger partial charge in [-0.2, -0.15) is 11.8 Å². The summed E-state index contributed by atoms with van der Waals surface area (Å²) in [5.74, 6) is -0.651. The number of carbonyl (C=O) groups excluding carboxylic acids is 1. The van der Waals surface area contributed by atoms with Crippen LogP contribution < -0.4 is 5.73 Å². The van der Waals surface area contributed by atoms with Gasteiger partial charge < -0.3 is 5.73 Å². The van der Waals surface area contributed by atoms with Gasteiger partial charge >= 0.3 is 0 Å². The van der Waals surface area contributed by atoms with Crippen LogP contribution in [0.4, 0.5) is 5.69 Å². The molecule has 7 heteroatoms. The van der Waals surface area contributed by atoms with Crippen molar-refractivity contribution in [2.75, 3.05) is 13.3 Å². The van der Waals surface area contributed by atoms with Crippen molar-refractivity contribution in [3.8, 4) is 0 Å². The molecule has 0 saturated heterocycles. The third-order valence-corrected chi connectivity index (χ3v) is 5.39. The van der Waals surface area contributed by atoms with Crippen LogP contribution in [0.3, 0.4) is 0 Å². The molecule has 0 aliphatic heterocycles. The highest BCUT2D eigenvalue weighted by molar-refractivity contribution is 7.99. The minimum Gasteiger partial charge on any atom is -0.366 e. The van der Waals surface area contributed by atoms with E-state index in [0.29, 0.717) is 23.4 Å². The lowest BCUT2D eigenvalue weighted by molar-refractivity contribution is -0.385. The second-order valence-electron chi connectivity index (χ2n) is 5.70. The Kier molecular flexibility index (Phi) is 5.42. The van der Waals surface area contributed by atoms with Crippen molar-refractivity contribution in [1.29, 1.82) is 0 Å². The lowest BCUT2D eigenvalue weighted by Gasteiger charge is -2.24. The molecule has 2 atom stereocenters. The number of nitrogens with zero attached hydrogens (tertiary/aromatic N) is 2. The summed E-state index contributed by atoms with van der Waals surface area (Å²) in [5.41, 5.74) is 5.93. The van der Waals surface area contributed by atoms with E-state index >= 15 is 0 Å². The number of benzene rings is 1. The van der Waals surface area contributed by atoms with Crippen LogP contribution in [0.15, 0.2) is 18.2 Å². The molecule has 0 aromatic heterocycles. The molecule has 0 heterocycles. The Labute approximate surface area is 134 Å². The monoisotopic (exact) mass is 323 g/mol. The molecular formula is C15H21N3O3S. The molecule has 1 aromatic carbocycles. The molecule has 0 spiro atoms. The molecule has 1 amide bonds. The maximum atomic E-state index is 11.2. The normalized spacial score (nSPS) is 21.2. The Hall–Kier alpha value is -1.60. The predicted molar refractivity (Wildman–Crippen MR) is 88.0 cm³/mol. The van der Waals surface area contributed by atoms with Gasteiger partial charge in [0.05, 0.1) is 4.92 Å². The Bertz CT molecular complexity index is 579. The number of nitrogens with two attached hydrogens (primary N) is 1. The Morgan fingerprint density at radius 1 is 1.50 bits per heavy atom. The molecule has 0 unspecified atom stereocenters. The van der Waals surface area contributed by atoms with Gasteiger partial charge in [-0.05, 0) is 38.6 Å². The molecule has 120 valence electrons. The van der Waals surface area contributed by atoms with Crippen LogP contribution in [0.2, 0.25) is 0 Å². The maximum absolute atomic E-state index is 11.2. The number of hydrogen-bond acceptors (Lipinski definition) is 5. The number of amides is 1. The van der Waals surface area contributed by atoms with Crippen molar-refractivity contribution < 1.29 is 9.72 Å². The van der Waals surface area contributed by atoms with Crippen LogP contribution in [0.1, 0.15) is 35.2 Å². The fourth-order valence-corrected chi connectivity index (χ4v) is 3.74. The molecule has 22 heavy (non-hydrogen) atoms. The maximum Gasteiger partial charge on any atom is 0.274 e. The quantitative estimate of drug-likeness (QED) is 0.641. The molecular weight excluding hydrogens is 302 g/mol. The average Bonchev–Trinajstić information content (AvgIpc) is 2.96. The second kappa shape index (κ2) is 7.11. The summed E-state index contributed by atoms with van der Waals surface area (Å²) in [7, 11) is 2.00. The lowest BCUT2D eigenvalue weighted by Crippen LogP contribution is -2.29. The van der Waals surface area contributed by atoms with Gasteiger partial charge in [-0.15, -0.1) is 0 Å². The molecule has 2 N–H and O–H groups in total. The summed E-state index contributed by atoms with van der Waals surface area (Å²) in [6, 6.07) is 4.91. The third kappa shape index (κ3) is 3.78. The van der Waals surface area contributed by atoms with E-state index in [1.165, 1.54) is 12.5 Å². The summed E-state index contributed by atoms with van der Waals surface area (Å²) in [6.45, 7) is 0.501. The van der Waals surface area contributed by atoms with Gasteiger partial charge in [-0.25, -0.2) is 0 Å². The van der Waals surface area contributed by atoms with Gasteiger partial charge in [0.2, 0.25) is 5.91 Å². The van der Waals surface area contributed by atoms with Gasteiger partial charge in [0, 0.05) is 35.0 Å². The number of hydrogen-bond donors (Lipinski definition) is 1. The van der Waals surface area contributed by atoms with E-state index in [9.17, 15) is 14.9 Å². The molecule has 0 bridgehead atoms. The average molecular weight is 323 g/mol. The Morgan fingerprint density at radius 3 is 2.77 bits per heavy atom. The number of nitro benzene ring substituents is 1. The highest BCUT2D eigenvalue weighted by atomic mass is 32.2. The first-order chi connectivity index (χ1) is 10.4. The van der Waals surface area contributed by atoms with Gasteiger partial charge in [0.15, 0.2) is 0 Å². The van der Waals surface area contributed by atoms with E-state index in [0.717, 1.165) is 12.8 Å². The van der Waals surface area contributed by atoms with E-state index in [1.54, 1.807) is 12.1 Å². The van der Waals surface area contributed by atoms with Gasteiger partial charge in [-0.3, -0.25) is 19.8 Å². The van der Waals surface area contributed by atoms with Crippen LogP contribution >= 0.6 is 11.8 Å². The smallest absolute Gasteiger partial charge is 0.274 e. The van der Waals surface area contributed by atoms with Gasteiger partial charge in [0.1, 0.15) is 0 Å². The number of primary amides is 1. The molecule has 1 saturated carbocycles. The highest BCUT2D eigenvalue weighted by Crippen LogP contribution is 2.32. The van der Waals surface area contributed by atoms with E-state index in [-0.39, 0.29) is 11.3 Å². The number of rotatable bonds is 6. The van der Waals surface area contributed by atoms with Crippen LogP contribution in [0.5, 0.6) is 0 Å². The molecule has 6 nitrogen and oxygen atoms in total.